The summed E-state index contributed by atoms with van der Waals surface area (Å²) in [5.74, 6) is 0.666. The quantitative estimate of drug-likeness (QED) is 0.360. The third-order valence-corrected chi connectivity index (χ3v) is 5.60. The van der Waals surface area contributed by atoms with Crippen LogP contribution in [-0.4, -0.2) is 27.3 Å². The molecular formula is C27H24O7. The molecule has 0 aliphatic rings. The number of fused-ring (bicyclic) bond motifs is 1. The van der Waals surface area contributed by atoms with Gasteiger partial charge in [0.05, 0.1) is 32.3 Å². The van der Waals surface area contributed by atoms with E-state index in [0.29, 0.717) is 33.8 Å². The Morgan fingerprint density at radius 3 is 1.94 bits per heavy atom. The normalized spacial score (nSPS) is 10.7. The fraction of sp³-hybridized carbons (Fsp3) is 0.185. The van der Waals surface area contributed by atoms with Gasteiger partial charge >= 0.3 is 5.97 Å². The average molecular weight is 460 g/mol. The number of methoxy groups -OCH3 is 3. The van der Waals surface area contributed by atoms with Gasteiger partial charge in [0.25, 0.3) is 0 Å². The van der Waals surface area contributed by atoms with E-state index < -0.39 is 11.4 Å². The van der Waals surface area contributed by atoms with Crippen molar-refractivity contribution in [3.8, 4) is 34.3 Å². The van der Waals surface area contributed by atoms with Crippen molar-refractivity contribution in [2.45, 2.75) is 13.8 Å². The molecule has 1 heterocycles. The number of esters is 1. The van der Waals surface area contributed by atoms with Crippen molar-refractivity contribution in [3.05, 3.63) is 81.5 Å². The highest BCUT2D eigenvalue weighted by molar-refractivity contribution is 5.94. The summed E-state index contributed by atoms with van der Waals surface area (Å²) in [6, 6.07) is 15.1. The Kier molecular flexibility index (Phi) is 6.27. The molecule has 7 heteroatoms. The fourth-order valence-electron chi connectivity index (χ4n) is 3.54. The van der Waals surface area contributed by atoms with Gasteiger partial charge in [0.15, 0.2) is 5.76 Å². The van der Waals surface area contributed by atoms with Crippen LogP contribution in [0.5, 0.6) is 23.0 Å². The van der Waals surface area contributed by atoms with Crippen LogP contribution in [0.2, 0.25) is 0 Å². The van der Waals surface area contributed by atoms with Crippen LogP contribution >= 0.6 is 0 Å². The van der Waals surface area contributed by atoms with E-state index in [2.05, 4.69) is 0 Å². The molecule has 1 aromatic heterocycles. The van der Waals surface area contributed by atoms with Gasteiger partial charge in [0.2, 0.25) is 11.2 Å². The first-order valence-corrected chi connectivity index (χ1v) is 10.5. The number of rotatable bonds is 6. The average Bonchev–Trinajstić information content (AvgIpc) is 2.86. The highest BCUT2D eigenvalue weighted by atomic mass is 16.5. The van der Waals surface area contributed by atoms with E-state index in [1.807, 2.05) is 13.8 Å². The predicted molar refractivity (Wildman–Crippen MR) is 128 cm³/mol. The van der Waals surface area contributed by atoms with E-state index in [4.69, 9.17) is 23.4 Å². The largest absolute Gasteiger partial charge is 0.497 e. The van der Waals surface area contributed by atoms with E-state index in [-0.39, 0.29) is 17.1 Å². The summed E-state index contributed by atoms with van der Waals surface area (Å²) >= 11 is 0. The number of carbonyl (C=O) groups is 1. The van der Waals surface area contributed by atoms with Gasteiger partial charge in [-0.3, -0.25) is 4.79 Å². The Morgan fingerprint density at radius 1 is 0.765 bits per heavy atom. The van der Waals surface area contributed by atoms with Gasteiger partial charge < -0.3 is 23.4 Å². The Labute approximate surface area is 196 Å². The van der Waals surface area contributed by atoms with Crippen LogP contribution in [0.3, 0.4) is 0 Å². The molecule has 0 aliphatic heterocycles. The van der Waals surface area contributed by atoms with Crippen molar-refractivity contribution in [3.63, 3.8) is 0 Å². The molecule has 174 valence electrons. The van der Waals surface area contributed by atoms with E-state index in [1.165, 1.54) is 26.4 Å². The Morgan fingerprint density at radius 2 is 1.35 bits per heavy atom. The first-order chi connectivity index (χ1) is 16.3. The van der Waals surface area contributed by atoms with Crippen molar-refractivity contribution in [2.24, 2.45) is 0 Å². The van der Waals surface area contributed by atoms with Gasteiger partial charge in [0.1, 0.15) is 22.8 Å². The third-order valence-electron chi connectivity index (χ3n) is 5.60. The molecule has 0 spiro atoms. The van der Waals surface area contributed by atoms with Crippen molar-refractivity contribution in [1.29, 1.82) is 0 Å². The van der Waals surface area contributed by atoms with E-state index >= 15 is 0 Å². The lowest BCUT2D eigenvalue weighted by molar-refractivity contribution is 0.0730. The third kappa shape index (κ3) is 4.32. The Balaban J connectivity index is 1.89. The smallest absolute Gasteiger partial charge is 0.344 e. The molecule has 0 radical (unpaired) electrons. The van der Waals surface area contributed by atoms with Crippen LogP contribution in [0.25, 0.3) is 22.3 Å². The van der Waals surface area contributed by atoms with Crippen molar-refractivity contribution in [1.82, 2.24) is 0 Å². The number of carbonyl (C=O) groups excluding carboxylic acids is 1. The van der Waals surface area contributed by atoms with Crippen molar-refractivity contribution in [2.75, 3.05) is 21.3 Å². The van der Waals surface area contributed by atoms with Crippen LogP contribution in [-0.2, 0) is 0 Å². The predicted octanol–water partition coefficient (Wildman–Crippen LogP) is 5.32. The molecule has 34 heavy (non-hydrogen) atoms. The van der Waals surface area contributed by atoms with Gasteiger partial charge in [-0.15, -0.1) is 0 Å². The maximum Gasteiger partial charge on any atom is 0.344 e. The van der Waals surface area contributed by atoms with Gasteiger partial charge in [-0.05, 0) is 73.5 Å². The monoisotopic (exact) mass is 460 g/mol. The lowest BCUT2D eigenvalue weighted by Crippen LogP contribution is -2.16. The minimum absolute atomic E-state index is 0.145. The second-order valence-corrected chi connectivity index (χ2v) is 7.74. The molecule has 0 amide bonds. The van der Waals surface area contributed by atoms with Crippen LogP contribution in [0, 0.1) is 13.8 Å². The van der Waals surface area contributed by atoms with E-state index in [0.717, 1.165) is 11.1 Å². The molecule has 7 nitrogen and oxygen atoms in total. The number of benzene rings is 3. The summed E-state index contributed by atoms with van der Waals surface area (Å²) in [4.78, 5) is 26.6. The summed E-state index contributed by atoms with van der Waals surface area (Å²) in [6.45, 7) is 3.84. The molecule has 4 aromatic rings. The number of hydrogen-bond acceptors (Lipinski definition) is 7. The molecule has 0 aliphatic carbocycles. The second kappa shape index (κ2) is 9.31. The lowest BCUT2D eigenvalue weighted by Gasteiger charge is -2.13. The first kappa shape index (κ1) is 22.9. The maximum absolute atomic E-state index is 13.5. The van der Waals surface area contributed by atoms with E-state index in [9.17, 15) is 9.59 Å². The number of hydrogen-bond donors (Lipinski definition) is 0. The lowest BCUT2D eigenvalue weighted by atomic mass is 10.0. The van der Waals surface area contributed by atoms with Gasteiger partial charge in [-0.2, -0.15) is 0 Å². The molecule has 3 aromatic carbocycles. The highest BCUT2D eigenvalue weighted by Gasteiger charge is 2.23. The van der Waals surface area contributed by atoms with Crippen LogP contribution in [0.15, 0.2) is 63.8 Å². The minimum Gasteiger partial charge on any atom is -0.497 e. The maximum atomic E-state index is 13.5. The molecular weight excluding hydrogens is 436 g/mol. The zero-order valence-electron chi connectivity index (χ0n) is 19.6. The second-order valence-electron chi connectivity index (χ2n) is 7.74. The summed E-state index contributed by atoms with van der Waals surface area (Å²) < 4.78 is 27.5. The topological polar surface area (TPSA) is 84.2 Å². The highest BCUT2D eigenvalue weighted by Crippen LogP contribution is 2.33. The van der Waals surface area contributed by atoms with Gasteiger partial charge in [0, 0.05) is 11.6 Å². The Hall–Kier alpha value is -4.26. The Bertz CT molecular complexity index is 1410. The van der Waals surface area contributed by atoms with Crippen molar-refractivity contribution >= 4 is 16.9 Å². The van der Waals surface area contributed by atoms with Crippen LogP contribution < -0.4 is 24.4 Å². The summed E-state index contributed by atoms with van der Waals surface area (Å²) in [5, 5.41) is 0.325. The minimum atomic E-state index is -0.748. The van der Waals surface area contributed by atoms with E-state index in [1.54, 1.807) is 49.6 Å². The molecule has 0 fully saturated rings. The standard InChI is InChI=1S/C27H24O7/c1-15-10-22-23(11-16(15)2)33-25(17-6-8-19(30-3)9-7-17)26(24(22)28)34-27(29)18-12-20(31-4)14-21(13-18)32-5/h6-14H,1-5H3. The number of ether oxygens (including phenoxy) is 4. The molecule has 0 bridgehead atoms. The zero-order valence-corrected chi connectivity index (χ0v) is 19.6. The first-order valence-electron chi connectivity index (χ1n) is 10.5. The summed E-state index contributed by atoms with van der Waals surface area (Å²) in [6.07, 6.45) is 0. The SMILES string of the molecule is COc1ccc(-c2oc3cc(C)c(C)cc3c(=O)c2OC(=O)c2cc(OC)cc(OC)c2)cc1. The fourth-order valence-corrected chi connectivity index (χ4v) is 3.54. The molecule has 0 saturated carbocycles. The van der Waals surface area contributed by atoms with Crippen molar-refractivity contribution < 1.29 is 28.2 Å². The zero-order chi connectivity index (χ0) is 24.4. The molecule has 4 rings (SSSR count). The molecule has 0 N–H and O–H groups in total. The van der Waals surface area contributed by atoms with Crippen LogP contribution in [0.4, 0.5) is 0 Å². The molecule has 0 atom stereocenters. The van der Waals surface area contributed by atoms with Gasteiger partial charge in [-0.1, -0.05) is 0 Å². The van der Waals surface area contributed by atoms with Gasteiger partial charge in [-0.25, -0.2) is 4.79 Å². The number of aryl methyl sites for hydroxylation is 2. The van der Waals surface area contributed by atoms with Crippen LogP contribution in [0.1, 0.15) is 21.5 Å². The molecule has 0 saturated heterocycles. The summed E-state index contributed by atoms with van der Waals surface area (Å²) in [7, 11) is 4.52. The summed E-state index contributed by atoms with van der Waals surface area (Å²) in [5.41, 5.74) is 2.58. The molecule has 0 unspecified atom stereocenters.